The minimum atomic E-state index is -1.03. The van der Waals surface area contributed by atoms with Crippen molar-refractivity contribution in [3.63, 3.8) is 0 Å². The predicted octanol–water partition coefficient (Wildman–Crippen LogP) is 1.33. The van der Waals surface area contributed by atoms with E-state index in [0.29, 0.717) is 5.69 Å². The number of fused-ring (bicyclic) bond motifs is 1. The van der Waals surface area contributed by atoms with Gasteiger partial charge in [-0.2, -0.15) is 0 Å². The zero-order valence-electron chi connectivity index (χ0n) is 6.53. The van der Waals surface area contributed by atoms with Crippen LogP contribution in [0.2, 0.25) is 0 Å². The van der Waals surface area contributed by atoms with E-state index in [9.17, 15) is 13.6 Å². The van der Waals surface area contributed by atoms with Crippen LogP contribution in [-0.4, -0.2) is 12.5 Å². The summed E-state index contributed by atoms with van der Waals surface area (Å²) < 4.78 is 25.7. The number of halogens is 2. The summed E-state index contributed by atoms with van der Waals surface area (Å²) >= 11 is 0. The summed E-state index contributed by atoms with van der Waals surface area (Å²) in [5.74, 6) is -2.38. The zero-order chi connectivity index (χ0) is 9.42. The number of amides is 1. The summed E-state index contributed by atoms with van der Waals surface area (Å²) in [6.45, 7) is 0.0814. The van der Waals surface area contributed by atoms with Crippen molar-refractivity contribution < 1.29 is 13.6 Å². The first-order valence-electron chi connectivity index (χ1n) is 3.70. The van der Waals surface area contributed by atoms with Crippen LogP contribution in [0, 0.1) is 11.6 Å². The maximum Gasteiger partial charge on any atom is 0.243 e. The number of hydrogen-bond acceptors (Lipinski definition) is 2. The van der Waals surface area contributed by atoms with Crippen molar-refractivity contribution in [1.82, 2.24) is 0 Å². The Hall–Kier alpha value is -1.65. The largest absolute Gasteiger partial charge is 0.374 e. The fourth-order valence-corrected chi connectivity index (χ4v) is 1.18. The van der Waals surface area contributed by atoms with E-state index in [1.807, 2.05) is 0 Å². The molecule has 1 aromatic carbocycles. The molecule has 0 atom stereocenters. The highest BCUT2D eigenvalue weighted by Crippen LogP contribution is 2.28. The Morgan fingerprint density at radius 2 is 2.08 bits per heavy atom. The molecule has 0 radical (unpaired) electrons. The summed E-state index contributed by atoms with van der Waals surface area (Å²) in [4.78, 5) is 10.8. The van der Waals surface area contributed by atoms with Crippen molar-refractivity contribution in [2.24, 2.45) is 0 Å². The fraction of sp³-hybridized carbons (Fsp3) is 0.125. The summed E-state index contributed by atoms with van der Waals surface area (Å²) in [7, 11) is 0. The molecule has 0 spiro atoms. The fourth-order valence-electron chi connectivity index (χ4n) is 1.18. The van der Waals surface area contributed by atoms with E-state index in [1.165, 1.54) is 6.07 Å². The lowest BCUT2D eigenvalue weighted by atomic mass is 10.2. The van der Waals surface area contributed by atoms with Crippen LogP contribution in [-0.2, 0) is 4.79 Å². The number of hydrogen-bond donors (Lipinski definition) is 2. The van der Waals surface area contributed by atoms with Gasteiger partial charge in [-0.15, -0.1) is 0 Å². The van der Waals surface area contributed by atoms with Gasteiger partial charge in [-0.25, -0.2) is 8.78 Å². The third-order valence-corrected chi connectivity index (χ3v) is 1.80. The molecule has 0 unspecified atom stereocenters. The Balaban J connectivity index is 2.54. The van der Waals surface area contributed by atoms with Gasteiger partial charge in [0.2, 0.25) is 5.91 Å². The van der Waals surface area contributed by atoms with Gasteiger partial charge >= 0.3 is 0 Å². The van der Waals surface area contributed by atoms with Crippen LogP contribution >= 0.6 is 0 Å². The van der Waals surface area contributed by atoms with Gasteiger partial charge in [0.1, 0.15) is 5.69 Å². The van der Waals surface area contributed by atoms with Crippen molar-refractivity contribution in [2.75, 3.05) is 17.2 Å². The molecule has 5 heteroatoms. The molecule has 13 heavy (non-hydrogen) atoms. The summed E-state index contributed by atoms with van der Waals surface area (Å²) in [5.41, 5.74) is 0.287. The number of benzene rings is 1. The van der Waals surface area contributed by atoms with Crippen LogP contribution in [0.1, 0.15) is 0 Å². The molecule has 68 valence electrons. The average molecular weight is 184 g/mol. The molecule has 0 fully saturated rings. The normalized spacial score (nSPS) is 14.5. The molecule has 1 heterocycles. The number of anilines is 2. The van der Waals surface area contributed by atoms with Crippen LogP contribution in [0.25, 0.3) is 0 Å². The van der Waals surface area contributed by atoms with E-state index >= 15 is 0 Å². The SMILES string of the molecule is O=C1CNc2ccc(F)c(F)c2N1. The Labute approximate surface area is 72.7 Å². The minimum Gasteiger partial charge on any atom is -0.374 e. The molecule has 1 aliphatic heterocycles. The van der Waals surface area contributed by atoms with Crippen LogP contribution in [0.4, 0.5) is 20.2 Å². The van der Waals surface area contributed by atoms with Crippen molar-refractivity contribution in [3.05, 3.63) is 23.8 Å². The number of carbonyl (C=O) groups is 1. The van der Waals surface area contributed by atoms with Gasteiger partial charge in [0.15, 0.2) is 11.6 Å². The van der Waals surface area contributed by atoms with E-state index in [4.69, 9.17) is 0 Å². The molecule has 1 aliphatic rings. The Bertz CT molecular complexity index is 379. The van der Waals surface area contributed by atoms with Crippen LogP contribution < -0.4 is 10.6 Å². The number of rotatable bonds is 0. The van der Waals surface area contributed by atoms with Crippen molar-refractivity contribution in [1.29, 1.82) is 0 Å². The lowest BCUT2D eigenvalue weighted by Crippen LogP contribution is -2.28. The Kier molecular flexibility index (Phi) is 1.65. The summed E-state index contributed by atoms with van der Waals surface area (Å²) in [6.07, 6.45) is 0. The minimum absolute atomic E-state index is 0.0814. The van der Waals surface area contributed by atoms with Gasteiger partial charge in [-0.05, 0) is 12.1 Å². The lowest BCUT2D eigenvalue weighted by Gasteiger charge is -2.18. The molecule has 2 N–H and O–H groups in total. The quantitative estimate of drug-likeness (QED) is 0.638. The van der Waals surface area contributed by atoms with E-state index in [1.54, 1.807) is 0 Å². The second-order valence-electron chi connectivity index (χ2n) is 2.69. The second kappa shape index (κ2) is 2.69. The molecule has 0 bridgehead atoms. The molecule has 1 amide bonds. The van der Waals surface area contributed by atoms with Crippen LogP contribution in [0.5, 0.6) is 0 Å². The van der Waals surface area contributed by atoms with E-state index in [-0.39, 0.29) is 18.1 Å². The molecule has 1 aromatic rings. The van der Waals surface area contributed by atoms with Gasteiger partial charge in [-0.1, -0.05) is 0 Å². The third-order valence-electron chi connectivity index (χ3n) is 1.80. The first kappa shape index (κ1) is 7.97. The molecular formula is C8H6F2N2O. The molecular weight excluding hydrogens is 178 g/mol. The lowest BCUT2D eigenvalue weighted by molar-refractivity contribution is -0.114. The maximum absolute atomic E-state index is 13.0. The smallest absolute Gasteiger partial charge is 0.243 e. The van der Waals surface area contributed by atoms with Gasteiger partial charge in [0.05, 0.1) is 12.2 Å². The highest BCUT2D eigenvalue weighted by Gasteiger charge is 2.19. The molecule has 3 nitrogen and oxygen atoms in total. The van der Waals surface area contributed by atoms with Crippen LogP contribution in [0.3, 0.4) is 0 Å². The van der Waals surface area contributed by atoms with Gasteiger partial charge < -0.3 is 10.6 Å². The molecule has 2 rings (SSSR count). The second-order valence-corrected chi connectivity index (χ2v) is 2.69. The highest BCUT2D eigenvalue weighted by molar-refractivity contribution is 6.00. The van der Waals surface area contributed by atoms with Gasteiger partial charge in [0.25, 0.3) is 0 Å². The van der Waals surface area contributed by atoms with E-state index < -0.39 is 11.6 Å². The average Bonchev–Trinajstić information content (AvgIpc) is 2.12. The number of carbonyl (C=O) groups excluding carboxylic acids is 1. The third kappa shape index (κ3) is 1.22. The Morgan fingerprint density at radius 3 is 2.85 bits per heavy atom. The van der Waals surface area contributed by atoms with Gasteiger partial charge in [0, 0.05) is 0 Å². The number of nitrogens with one attached hydrogen (secondary N) is 2. The van der Waals surface area contributed by atoms with Gasteiger partial charge in [-0.3, -0.25) is 4.79 Å². The maximum atomic E-state index is 13.0. The monoisotopic (exact) mass is 184 g/mol. The van der Waals surface area contributed by atoms with Crippen molar-refractivity contribution >= 4 is 17.3 Å². The highest BCUT2D eigenvalue weighted by atomic mass is 19.2. The first-order valence-corrected chi connectivity index (χ1v) is 3.70. The molecule has 0 aliphatic carbocycles. The Morgan fingerprint density at radius 1 is 1.31 bits per heavy atom. The molecule has 0 saturated carbocycles. The standard InChI is InChI=1S/C8H6F2N2O/c9-4-1-2-5-8(7(4)10)12-6(13)3-11-5/h1-2,11H,3H2,(H,12,13). The van der Waals surface area contributed by atoms with Crippen molar-refractivity contribution in [2.45, 2.75) is 0 Å². The van der Waals surface area contributed by atoms with Crippen molar-refractivity contribution in [3.8, 4) is 0 Å². The topological polar surface area (TPSA) is 41.1 Å². The zero-order valence-corrected chi connectivity index (χ0v) is 6.53. The predicted molar refractivity (Wildman–Crippen MR) is 43.5 cm³/mol. The summed E-state index contributed by atoms with van der Waals surface area (Å²) in [5, 5.41) is 4.91. The van der Waals surface area contributed by atoms with E-state index in [0.717, 1.165) is 6.07 Å². The first-order chi connectivity index (χ1) is 6.18. The van der Waals surface area contributed by atoms with Crippen LogP contribution in [0.15, 0.2) is 12.1 Å². The van der Waals surface area contributed by atoms with E-state index in [2.05, 4.69) is 10.6 Å². The summed E-state index contributed by atoms with van der Waals surface area (Å²) in [6, 6.07) is 2.39. The molecule has 0 aromatic heterocycles. The molecule has 0 saturated heterocycles.